The molecule has 3 N–H and O–H groups in total. The van der Waals surface area contributed by atoms with Gasteiger partial charge in [0.1, 0.15) is 0 Å². The van der Waals surface area contributed by atoms with Crippen LogP contribution in [0.1, 0.15) is 19.8 Å². The average Bonchev–Trinajstić information content (AvgIpc) is 2.47. The van der Waals surface area contributed by atoms with Crippen molar-refractivity contribution in [3.8, 4) is 6.01 Å². The van der Waals surface area contributed by atoms with Crippen molar-refractivity contribution in [3.63, 3.8) is 0 Å². The van der Waals surface area contributed by atoms with E-state index >= 15 is 0 Å². The Morgan fingerprint density at radius 2 is 2.26 bits per heavy atom. The van der Waals surface area contributed by atoms with Crippen molar-refractivity contribution in [2.75, 3.05) is 37.1 Å². The first-order chi connectivity index (χ1) is 9.26. The van der Waals surface area contributed by atoms with Crippen molar-refractivity contribution in [1.29, 1.82) is 0 Å². The number of nitrogens with zero attached hydrogens (tertiary/aromatic N) is 4. The molecule has 8 nitrogen and oxygen atoms in total. The topological polar surface area (TPSA) is 98.4 Å². The number of hydrogen-bond donors (Lipinski definition) is 2. The Morgan fingerprint density at radius 1 is 1.42 bits per heavy atom. The van der Waals surface area contributed by atoms with E-state index in [1.54, 1.807) is 7.11 Å². The molecule has 0 spiro atoms. The molecule has 1 aromatic heterocycles. The number of ether oxygens (including phenoxy) is 2. The van der Waals surface area contributed by atoms with Gasteiger partial charge in [0.25, 0.3) is 0 Å². The zero-order valence-corrected chi connectivity index (χ0v) is 11.3. The van der Waals surface area contributed by atoms with Crippen LogP contribution in [0.3, 0.4) is 0 Å². The fourth-order valence-corrected chi connectivity index (χ4v) is 2.06. The zero-order chi connectivity index (χ0) is 13.7. The van der Waals surface area contributed by atoms with Gasteiger partial charge >= 0.3 is 6.01 Å². The molecule has 19 heavy (non-hydrogen) atoms. The molecule has 2 rings (SSSR count). The van der Waals surface area contributed by atoms with Crippen molar-refractivity contribution in [1.82, 2.24) is 15.0 Å². The molecule has 0 amide bonds. The number of nitrogens with two attached hydrogens (primary N) is 1. The Labute approximate surface area is 112 Å². The number of hydrogen-bond acceptors (Lipinski definition) is 8. The van der Waals surface area contributed by atoms with Gasteiger partial charge in [-0.25, -0.2) is 5.84 Å². The van der Waals surface area contributed by atoms with E-state index < -0.39 is 0 Å². The molecule has 1 saturated heterocycles. The quantitative estimate of drug-likeness (QED) is 0.576. The molecule has 2 heterocycles. The van der Waals surface area contributed by atoms with E-state index in [9.17, 15) is 0 Å². The maximum Gasteiger partial charge on any atom is 0.323 e. The second-order valence-electron chi connectivity index (χ2n) is 4.26. The maximum absolute atomic E-state index is 5.39. The number of hydrazine groups is 1. The van der Waals surface area contributed by atoms with Gasteiger partial charge in [-0.2, -0.15) is 15.0 Å². The fraction of sp³-hybridized carbons (Fsp3) is 0.727. The molecule has 1 atom stereocenters. The van der Waals surface area contributed by atoms with E-state index in [0.29, 0.717) is 18.5 Å². The minimum absolute atomic E-state index is 0.204. The summed E-state index contributed by atoms with van der Waals surface area (Å²) in [6.45, 7) is 4.02. The summed E-state index contributed by atoms with van der Waals surface area (Å²) in [4.78, 5) is 14.6. The highest BCUT2D eigenvalue weighted by Gasteiger charge is 2.22. The van der Waals surface area contributed by atoms with E-state index in [1.807, 2.05) is 6.92 Å². The molecule has 1 unspecified atom stereocenters. The first kappa shape index (κ1) is 13.8. The van der Waals surface area contributed by atoms with E-state index in [4.69, 9.17) is 15.3 Å². The Balaban J connectivity index is 2.19. The summed E-state index contributed by atoms with van der Waals surface area (Å²) in [6.07, 6.45) is 2.30. The summed E-state index contributed by atoms with van der Waals surface area (Å²) in [6, 6.07) is 0.278. The number of piperidine rings is 1. The third-order valence-electron chi connectivity index (χ3n) is 3.00. The molecular weight excluding hydrogens is 248 g/mol. The lowest BCUT2D eigenvalue weighted by Crippen LogP contribution is -2.40. The van der Waals surface area contributed by atoms with Crippen molar-refractivity contribution >= 4 is 11.9 Å². The highest BCUT2D eigenvalue weighted by atomic mass is 16.5. The van der Waals surface area contributed by atoms with Gasteiger partial charge in [0.05, 0.1) is 12.7 Å². The van der Waals surface area contributed by atoms with Gasteiger partial charge in [-0.15, -0.1) is 0 Å². The maximum atomic E-state index is 5.39. The normalized spacial score (nSPS) is 19.3. The van der Waals surface area contributed by atoms with Gasteiger partial charge in [-0.3, -0.25) is 5.43 Å². The molecule has 0 saturated carbocycles. The van der Waals surface area contributed by atoms with Gasteiger partial charge in [-0.05, 0) is 19.8 Å². The van der Waals surface area contributed by atoms with Crippen LogP contribution in [0.5, 0.6) is 6.01 Å². The zero-order valence-electron chi connectivity index (χ0n) is 11.3. The first-order valence-electron chi connectivity index (χ1n) is 6.40. The van der Waals surface area contributed by atoms with E-state index in [0.717, 1.165) is 25.9 Å². The minimum atomic E-state index is 0.204. The summed E-state index contributed by atoms with van der Waals surface area (Å²) in [5.74, 6) is 6.23. The lowest BCUT2D eigenvalue weighted by Gasteiger charge is -2.31. The van der Waals surface area contributed by atoms with Crippen LogP contribution in [-0.4, -0.2) is 47.9 Å². The molecule has 8 heteroatoms. The monoisotopic (exact) mass is 268 g/mol. The second-order valence-corrected chi connectivity index (χ2v) is 4.26. The molecule has 1 aliphatic heterocycles. The number of rotatable bonds is 5. The highest BCUT2D eigenvalue weighted by Crippen LogP contribution is 2.20. The number of nitrogens with one attached hydrogen (secondary N) is 1. The Bertz CT molecular complexity index is 416. The van der Waals surface area contributed by atoms with Crippen LogP contribution in [0.15, 0.2) is 0 Å². The third kappa shape index (κ3) is 3.42. The molecule has 1 aromatic rings. The smallest absolute Gasteiger partial charge is 0.323 e. The van der Waals surface area contributed by atoms with Crippen LogP contribution in [0.25, 0.3) is 0 Å². The van der Waals surface area contributed by atoms with Gasteiger partial charge in [-0.1, -0.05) is 0 Å². The first-order valence-corrected chi connectivity index (χ1v) is 6.40. The average molecular weight is 268 g/mol. The Kier molecular flexibility index (Phi) is 4.69. The summed E-state index contributed by atoms with van der Waals surface area (Å²) < 4.78 is 10.7. The van der Waals surface area contributed by atoms with Crippen LogP contribution in [0, 0.1) is 0 Å². The molecule has 0 aromatic carbocycles. The molecule has 106 valence electrons. The van der Waals surface area contributed by atoms with Gasteiger partial charge in [0.2, 0.25) is 11.9 Å². The Hall–Kier alpha value is -1.67. The van der Waals surface area contributed by atoms with Crippen molar-refractivity contribution < 1.29 is 9.47 Å². The van der Waals surface area contributed by atoms with Crippen LogP contribution in [0.2, 0.25) is 0 Å². The van der Waals surface area contributed by atoms with Gasteiger partial charge in [0, 0.05) is 20.2 Å². The van der Waals surface area contributed by atoms with Gasteiger partial charge in [0.15, 0.2) is 0 Å². The predicted octanol–water partition coefficient (Wildman–Crippen LogP) is 0.171. The number of methoxy groups -OCH3 is 1. The summed E-state index contributed by atoms with van der Waals surface area (Å²) in [5, 5.41) is 0. The molecule has 1 fully saturated rings. The number of nitrogen functional groups attached to an aromatic ring is 1. The third-order valence-corrected chi connectivity index (χ3v) is 3.00. The molecule has 0 aliphatic carbocycles. The number of anilines is 2. The molecule has 0 radical (unpaired) electrons. The number of aromatic nitrogens is 3. The van der Waals surface area contributed by atoms with Gasteiger partial charge < -0.3 is 14.4 Å². The van der Waals surface area contributed by atoms with Crippen molar-refractivity contribution in [2.45, 2.75) is 25.9 Å². The van der Waals surface area contributed by atoms with Crippen LogP contribution < -0.4 is 20.9 Å². The van der Waals surface area contributed by atoms with E-state index in [-0.39, 0.29) is 12.1 Å². The Morgan fingerprint density at radius 3 is 2.95 bits per heavy atom. The predicted molar refractivity (Wildman–Crippen MR) is 71.1 cm³/mol. The summed E-state index contributed by atoms with van der Waals surface area (Å²) >= 11 is 0. The van der Waals surface area contributed by atoms with E-state index in [2.05, 4.69) is 25.3 Å². The molecule has 1 aliphatic rings. The van der Waals surface area contributed by atoms with Crippen LogP contribution in [-0.2, 0) is 4.74 Å². The lowest BCUT2D eigenvalue weighted by atomic mass is 10.1. The standard InChI is InChI=1S/C11H20N6O2/c1-3-19-11-14-9(16-12)13-10(15-11)17-6-4-5-8(7-17)18-2/h8H,3-7,12H2,1-2H3,(H,13,14,15,16). The molecular formula is C11H20N6O2. The summed E-state index contributed by atoms with van der Waals surface area (Å²) in [5.41, 5.74) is 2.43. The second kappa shape index (κ2) is 6.48. The van der Waals surface area contributed by atoms with E-state index in [1.165, 1.54) is 0 Å². The van der Waals surface area contributed by atoms with Crippen molar-refractivity contribution in [2.24, 2.45) is 5.84 Å². The lowest BCUT2D eigenvalue weighted by molar-refractivity contribution is 0.0888. The largest absolute Gasteiger partial charge is 0.464 e. The molecule has 0 bridgehead atoms. The van der Waals surface area contributed by atoms with Crippen molar-refractivity contribution in [3.05, 3.63) is 0 Å². The van der Waals surface area contributed by atoms with Crippen LogP contribution in [0.4, 0.5) is 11.9 Å². The minimum Gasteiger partial charge on any atom is -0.464 e. The highest BCUT2D eigenvalue weighted by molar-refractivity contribution is 5.38. The summed E-state index contributed by atoms with van der Waals surface area (Å²) in [7, 11) is 1.72. The SMILES string of the molecule is CCOc1nc(NN)nc(N2CCCC(OC)C2)n1. The van der Waals surface area contributed by atoms with Crippen LogP contribution >= 0.6 is 0 Å². The fourth-order valence-electron chi connectivity index (χ4n) is 2.06.